The predicted octanol–water partition coefficient (Wildman–Crippen LogP) is 3.89. The van der Waals surface area contributed by atoms with E-state index in [4.69, 9.17) is 0 Å². The topological polar surface area (TPSA) is 73.0 Å². The molecule has 1 heterocycles. The van der Waals surface area contributed by atoms with Gasteiger partial charge < -0.3 is 5.32 Å². The standard InChI is InChI=1S/C15H26N4O2/c1-5-10-18-14(13(19(20)21)11(2)17-18)16-12-8-6-7-9-15(12,3)4/h12,16H,5-10H2,1-4H3. The van der Waals surface area contributed by atoms with Crippen LogP contribution in [-0.4, -0.2) is 20.7 Å². The maximum absolute atomic E-state index is 11.4. The van der Waals surface area contributed by atoms with Crippen LogP contribution in [0.1, 0.15) is 58.6 Å². The van der Waals surface area contributed by atoms with Gasteiger partial charge in [-0.25, -0.2) is 4.68 Å². The monoisotopic (exact) mass is 294 g/mol. The molecule has 1 aromatic heterocycles. The Morgan fingerprint density at radius 2 is 2.19 bits per heavy atom. The van der Waals surface area contributed by atoms with Crippen LogP contribution in [0.3, 0.4) is 0 Å². The number of nitro groups is 1. The van der Waals surface area contributed by atoms with Crippen molar-refractivity contribution in [3.63, 3.8) is 0 Å². The minimum atomic E-state index is -0.313. The summed E-state index contributed by atoms with van der Waals surface area (Å²) >= 11 is 0. The Balaban J connectivity index is 2.35. The lowest BCUT2D eigenvalue weighted by atomic mass is 9.73. The summed E-state index contributed by atoms with van der Waals surface area (Å²) in [6.07, 6.45) is 5.52. The number of aromatic nitrogens is 2. The minimum absolute atomic E-state index is 0.129. The number of rotatable bonds is 5. The maximum Gasteiger partial charge on any atom is 0.333 e. The fourth-order valence-electron chi connectivity index (χ4n) is 3.23. The van der Waals surface area contributed by atoms with Crippen molar-refractivity contribution in [1.29, 1.82) is 0 Å². The molecule has 1 aliphatic carbocycles. The second kappa shape index (κ2) is 6.03. The summed E-state index contributed by atoms with van der Waals surface area (Å²) in [5, 5.41) is 19.2. The molecule has 0 aromatic carbocycles. The summed E-state index contributed by atoms with van der Waals surface area (Å²) in [5.41, 5.74) is 0.774. The van der Waals surface area contributed by atoms with Gasteiger partial charge in [-0.1, -0.05) is 33.6 Å². The van der Waals surface area contributed by atoms with Crippen molar-refractivity contribution < 1.29 is 4.92 Å². The number of hydrogen-bond donors (Lipinski definition) is 1. The van der Waals surface area contributed by atoms with Crippen molar-refractivity contribution in [3.05, 3.63) is 15.8 Å². The molecule has 0 saturated heterocycles. The molecule has 118 valence electrons. The largest absolute Gasteiger partial charge is 0.361 e. The van der Waals surface area contributed by atoms with Crippen LogP contribution >= 0.6 is 0 Å². The molecule has 0 aliphatic heterocycles. The third-order valence-electron chi connectivity index (χ3n) is 4.53. The first kappa shape index (κ1) is 15.8. The van der Waals surface area contributed by atoms with Gasteiger partial charge in [0.1, 0.15) is 5.69 Å². The second-order valence-electron chi connectivity index (χ2n) is 6.69. The van der Waals surface area contributed by atoms with E-state index in [0.717, 1.165) is 19.3 Å². The first-order chi connectivity index (χ1) is 9.86. The SMILES string of the molecule is CCCn1nc(C)c([N+](=O)[O-])c1NC1CCCCC1(C)C. The lowest BCUT2D eigenvalue weighted by Crippen LogP contribution is -2.39. The van der Waals surface area contributed by atoms with Crippen molar-refractivity contribution in [2.24, 2.45) is 5.41 Å². The zero-order valence-corrected chi connectivity index (χ0v) is 13.5. The molecule has 0 radical (unpaired) electrons. The van der Waals surface area contributed by atoms with Crippen molar-refractivity contribution in [2.75, 3.05) is 5.32 Å². The fourth-order valence-corrected chi connectivity index (χ4v) is 3.23. The molecular formula is C15H26N4O2. The van der Waals surface area contributed by atoms with Crippen LogP contribution in [0.2, 0.25) is 0 Å². The van der Waals surface area contributed by atoms with Gasteiger partial charge in [-0.2, -0.15) is 5.10 Å². The Labute approximate surface area is 126 Å². The molecule has 1 unspecified atom stereocenters. The van der Waals surface area contributed by atoms with Gasteiger partial charge in [-0.3, -0.25) is 10.1 Å². The van der Waals surface area contributed by atoms with Gasteiger partial charge >= 0.3 is 5.69 Å². The van der Waals surface area contributed by atoms with Gasteiger partial charge in [0.2, 0.25) is 5.82 Å². The zero-order chi connectivity index (χ0) is 15.6. The molecule has 1 atom stereocenters. The van der Waals surface area contributed by atoms with Gasteiger partial charge in [-0.15, -0.1) is 0 Å². The van der Waals surface area contributed by atoms with E-state index in [2.05, 4.69) is 31.2 Å². The van der Waals surface area contributed by atoms with E-state index in [-0.39, 0.29) is 22.1 Å². The Morgan fingerprint density at radius 1 is 1.48 bits per heavy atom. The van der Waals surface area contributed by atoms with Crippen LogP contribution in [0.25, 0.3) is 0 Å². The molecule has 1 aliphatic rings. The molecule has 6 heteroatoms. The van der Waals surface area contributed by atoms with E-state index in [9.17, 15) is 10.1 Å². The highest BCUT2D eigenvalue weighted by molar-refractivity contribution is 5.60. The minimum Gasteiger partial charge on any atom is -0.361 e. The third-order valence-corrected chi connectivity index (χ3v) is 4.53. The summed E-state index contributed by atoms with van der Waals surface area (Å²) in [6.45, 7) is 8.94. The fraction of sp³-hybridized carbons (Fsp3) is 0.800. The highest BCUT2D eigenvalue weighted by atomic mass is 16.6. The Hall–Kier alpha value is -1.59. The van der Waals surface area contributed by atoms with Crippen LogP contribution in [0.5, 0.6) is 0 Å². The molecule has 1 N–H and O–H groups in total. The predicted molar refractivity (Wildman–Crippen MR) is 83.6 cm³/mol. The van der Waals surface area contributed by atoms with Crippen LogP contribution in [0.4, 0.5) is 11.5 Å². The number of nitrogens with one attached hydrogen (secondary N) is 1. The van der Waals surface area contributed by atoms with Gasteiger partial charge in [0.05, 0.1) is 4.92 Å². The van der Waals surface area contributed by atoms with E-state index < -0.39 is 0 Å². The molecule has 6 nitrogen and oxygen atoms in total. The maximum atomic E-state index is 11.4. The van der Waals surface area contributed by atoms with Gasteiger partial charge in [-0.05, 0) is 31.6 Å². The van der Waals surface area contributed by atoms with E-state index in [1.54, 1.807) is 11.6 Å². The molecule has 0 bridgehead atoms. The lowest BCUT2D eigenvalue weighted by molar-refractivity contribution is -0.384. The van der Waals surface area contributed by atoms with Gasteiger partial charge in [0.15, 0.2) is 0 Å². The lowest BCUT2D eigenvalue weighted by Gasteiger charge is -2.39. The quantitative estimate of drug-likeness (QED) is 0.660. The highest BCUT2D eigenvalue weighted by Crippen LogP contribution is 2.39. The van der Waals surface area contributed by atoms with Crippen LogP contribution in [0.15, 0.2) is 0 Å². The van der Waals surface area contributed by atoms with Crippen molar-refractivity contribution >= 4 is 11.5 Å². The van der Waals surface area contributed by atoms with Crippen molar-refractivity contribution in [3.8, 4) is 0 Å². The average molecular weight is 294 g/mol. The summed E-state index contributed by atoms with van der Waals surface area (Å²) < 4.78 is 1.76. The summed E-state index contributed by atoms with van der Waals surface area (Å²) in [4.78, 5) is 11.1. The Kier molecular flexibility index (Phi) is 4.54. The van der Waals surface area contributed by atoms with E-state index in [0.29, 0.717) is 18.1 Å². The van der Waals surface area contributed by atoms with Crippen LogP contribution in [0, 0.1) is 22.5 Å². The van der Waals surface area contributed by atoms with Crippen LogP contribution in [-0.2, 0) is 6.54 Å². The summed E-state index contributed by atoms with van der Waals surface area (Å²) in [5.74, 6) is 0.583. The number of hydrogen-bond acceptors (Lipinski definition) is 4. The van der Waals surface area contributed by atoms with Gasteiger partial charge in [0, 0.05) is 12.6 Å². The molecule has 2 rings (SSSR count). The Bertz CT molecular complexity index is 522. The molecule has 0 spiro atoms. The summed E-state index contributed by atoms with van der Waals surface area (Å²) in [6, 6.07) is 0.261. The van der Waals surface area contributed by atoms with Gasteiger partial charge in [0.25, 0.3) is 0 Å². The average Bonchev–Trinajstić information content (AvgIpc) is 2.68. The third kappa shape index (κ3) is 3.19. The first-order valence-electron chi connectivity index (χ1n) is 7.85. The molecular weight excluding hydrogens is 268 g/mol. The molecule has 1 aromatic rings. The van der Waals surface area contributed by atoms with E-state index >= 15 is 0 Å². The smallest absolute Gasteiger partial charge is 0.333 e. The molecule has 21 heavy (non-hydrogen) atoms. The van der Waals surface area contributed by atoms with Crippen molar-refractivity contribution in [2.45, 2.75) is 72.4 Å². The van der Waals surface area contributed by atoms with E-state index in [1.807, 2.05) is 0 Å². The first-order valence-corrected chi connectivity index (χ1v) is 7.85. The van der Waals surface area contributed by atoms with Crippen LogP contribution < -0.4 is 5.32 Å². The second-order valence-corrected chi connectivity index (χ2v) is 6.69. The normalized spacial score (nSPS) is 21.2. The molecule has 1 saturated carbocycles. The Morgan fingerprint density at radius 3 is 2.76 bits per heavy atom. The van der Waals surface area contributed by atoms with E-state index in [1.165, 1.54) is 12.8 Å². The molecule has 0 amide bonds. The zero-order valence-electron chi connectivity index (χ0n) is 13.5. The number of anilines is 1. The van der Waals surface area contributed by atoms with Crippen molar-refractivity contribution in [1.82, 2.24) is 9.78 Å². The number of aryl methyl sites for hydroxylation is 2. The number of nitrogens with zero attached hydrogens (tertiary/aromatic N) is 3. The molecule has 1 fully saturated rings. The highest BCUT2D eigenvalue weighted by Gasteiger charge is 2.35. The summed E-state index contributed by atoms with van der Waals surface area (Å²) in [7, 11) is 0.